The molecular weight excluding hydrogens is 220 g/mol. The molecule has 88 valence electrons. The number of aromatic nitrogens is 3. The molecular formula is C11H12N4O2. The first-order valence-corrected chi connectivity index (χ1v) is 5.06. The summed E-state index contributed by atoms with van der Waals surface area (Å²) in [6.45, 7) is 0.545. The molecule has 2 heterocycles. The molecule has 17 heavy (non-hydrogen) atoms. The molecule has 0 unspecified atom stereocenters. The Hall–Kier alpha value is -2.37. The van der Waals surface area contributed by atoms with Gasteiger partial charge in [0.2, 0.25) is 0 Å². The molecule has 0 saturated heterocycles. The topological polar surface area (TPSA) is 80.0 Å². The Kier molecular flexibility index (Phi) is 3.04. The van der Waals surface area contributed by atoms with Crippen LogP contribution in [0.1, 0.15) is 16.2 Å². The first-order chi connectivity index (χ1) is 8.16. The molecule has 6 heteroatoms. The molecule has 0 fully saturated rings. The van der Waals surface area contributed by atoms with Crippen LogP contribution in [0.3, 0.4) is 0 Å². The number of aryl methyl sites for hydroxylation is 1. The van der Waals surface area contributed by atoms with Crippen LogP contribution in [0, 0.1) is 0 Å². The van der Waals surface area contributed by atoms with Crippen molar-refractivity contribution >= 4 is 11.8 Å². The molecule has 0 aliphatic carbocycles. The van der Waals surface area contributed by atoms with Crippen LogP contribution in [0.4, 0.5) is 5.82 Å². The minimum absolute atomic E-state index is 0.174. The zero-order valence-corrected chi connectivity index (χ0v) is 9.29. The Morgan fingerprint density at radius 2 is 2.29 bits per heavy atom. The van der Waals surface area contributed by atoms with E-state index in [1.165, 1.54) is 12.3 Å². The van der Waals surface area contributed by atoms with Crippen molar-refractivity contribution in [3.05, 3.63) is 42.1 Å². The number of carboxylic acids is 1. The highest BCUT2D eigenvalue weighted by Crippen LogP contribution is 2.06. The van der Waals surface area contributed by atoms with Crippen LogP contribution in [-0.2, 0) is 13.6 Å². The summed E-state index contributed by atoms with van der Waals surface area (Å²) < 4.78 is 1.90. The zero-order chi connectivity index (χ0) is 12.3. The van der Waals surface area contributed by atoms with Gasteiger partial charge in [-0.25, -0.2) is 14.8 Å². The summed E-state index contributed by atoms with van der Waals surface area (Å²) in [4.78, 5) is 18.8. The van der Waals surface area contributed by atoms with E-state index >= 15 is 0 Å². The van der Waals surface area contributed by atoms with Crippen LogP contribution in [0.5, 0.6) is 0 Å². The predicted octanol–water partition coefficient (Wildman–Crippen LogP) is 1.13. The van der Waals surface area contributed by atoms with E-state index in [1.807, 2.05) is 17.8 Å². The number of carbonyl (C=O) groups is 1. The van der Waals surface area contributed by atoms with Crippen molar-refractivity contribution in [3.8, 4) is 0 Å². The number of nitrogens with one attached hydrogen (secondary N) is 1. The van der Waals surface area contributed by atoms with Crippen LogP contribution in [0.2, 0.25) is 0 Å². The Labute approximate surface area is 97.9 Å². The summed E-state index contributed by atoms with van der Waals surface area (Å²) in [5.74, 6) is 0.528. The lowest BCUT2D eigenvalue weighted by molar-refractivity contribution is 0.0696. The van der Waals surface area contributed by atoms with Crippen LogP contribution < -0.4 is 5.32 Å². The van der Waals surface area contributed by atoms with Crippen molar-refractivity contribution in [3.63, 3.8) is 0 Å². The number of hydrogen-bond donors (Lipinski definition) is 2. The van der Waals surface area contributed by atoms with Gasteiger partial charge in [-0.1, -0.05) is 0 Å². The van der Waals surface area contributed by atoms with E-state index in [4.69, 9.17) is 5.11 Å². The molecule has 0 aliphatic rings. The lowest BCUT2D eigenvalue weighted by atomic mass is 10.3. The van der Waals surface area contributed by atoms with Gasteiger partial charge in [0.05, 0.1) is 12.1 Å². The van der Waals surface area contributed by atoms with E-state index in [0.29, 0.717) is 12.4 Å². The van der Waals surface area contributed by atoms with E-state index < -0.39 is 5.97 Å². The fourth-order valence-electron chi connectivity index (χ4n) is 1.36. The van der Waals surface area contributed by atoms with Crippen molar-refractivity contribution < 1.29 is 9.90 Å². The maximum absolute atomic E-state index is 10.6. The minimum atomic E-state index is -0.979. The number of rotatable bonds is 4. The van der Waals surface area contributed by atoms with Gasteiger partial charge >= 0.3 is 5.97 Å². The Morgan fingerprint density at radius 3 is 2.82 bits per heavy atom. The number of nitrogens with zero attached hydrogens (tertiary/aromatic N) is 3. The number of carboxylic acid groups (broad SMARTS) is 1. The van der Waals surface area contributed by atoms with Gasteiger partial charge in [0.1, 0.15) is 11.6 Å². The van der Waals surface area contributed by atoms with Gasteiger partial charge in [0, 0.05) is 25.6 Å². The smallest absolute Gasteiger partial charge is 0.337 e. The van der Waals surface area contributed by atoms with E-state index in [2.05, 4.69) is 15.3 Å². The molecule has 0 amide bonds. The largest absolute Gasteiger partial charge is 0.478 e. The SMILES string of the molecule is Cn1ccnc1CNc1ccc(C(=O)O)cn1. The highest BCUT2D eigenvalue weighted by molar-refractivity contribution is 5.87. The third-order valence-electron chi connectivity index (χ3n) is 2.36. The monoisotopic (exact) mass is 232 g/mol. The standard InChI is InChI=1S/C11H12N4O2/c1-15-5-4-12-10(15)7-14-9-3-2-8(6-13-9)11(16)17/h2-6H,7H2,1H3,(H,13,14)(H,16,17). The quantitative estimate of drug-likeness (QED) is 0.825. The number of aromatic carboxylic acids is 1. The normalized spacial score (nSPS) is 10.2. The number of anilines is 1. The van der Waals surface area contributed by atoms with E-state index in [0.717, 1.165) is 5.82 Å². The number of pyridine rings is 1. The second-order valence-corrected chi connectivity index (χ2v) is 3.55. The molecule has 6 nitrogen and oxygen atoms in total. The molecule has 2 aromatic rings. The molecule has 2 rings (SSSR count). The van der Waals surface area contributed by atoms with Gasteiger partial charge in [0.15, 0.2) is 0 Å². The first kappa shape index (κ1) is 11.1. The Balaban J connectivity index is 2.00. The molecule has 0 atom stereocenters. The summed E-state index contributed by atoms with van der Waals surface area (Å²) in [5, 5.41) is 11.8. The highest BCUT2D eigenvalue weighted by atomic mass is 16.4. The minimum Gasteiger partial charge on any atom is -0.478 e. The summed E-state index contributed by atoms with van der Waals surface area (Å²) in [6, 6.07) is 3.14. The average molecular weight is 232 g/mol. The second kappa shape index (κ2) is 4.65. The number of imidazole rings is 1. The summed E-state index contributed by atoms with van der Waals surface area (Å²) in [7, 11) is 1.91. The van der Waals surface area contributed by atoms with Gasteiger partial charge in [-0.2, -0.15) is 0 Å². The Morgan fingerprint density at radius 1 is 1.47 bits per heavy atom. The first-order valence-electron chi connectivity index (χ1n) is 5.06. The van der Waals surface area contributed by atoms with Crippen LogP contribution in [-0.4, -0.2) is 25.6 Å². The van der Waals surface area contributed by atoms with Crippen molar-refractivity contribution in [2.45, 2.75) is 6.54 Å². The summed E-state index contributed by atoms with van der Waals surface area (Å²) in [6.07, 6.45) is 4.90. The molecule has 2 aromatic heterocycles. The van der Waals surface area contributed by atoms with E-state index in [-0.39, 0.29) is 5.56 Å². The van der Waals surface area contributed by atoms with E-state index in [9.17, 15) is 4.79 Å². The Bertz CT molecular complexity index is 519. The van der Waals surface area contributed by atoms with Crippen molar-refractivity contribution in [1.29, 1.82) is 0 Å². The maximum Gasteiger partial charge on any atom is 0.337 e. The van der Waals surface area contributed by atoms with Crippen molar-refractivity contribution in [2.24, 2.45) is 7.05 Å². The van der Waals surface area contributed by atoms with Gasteiger partial charge < -0.3 is 15.0 Å². The lowest BCUT2D eigenvalue weighted by Gasteiger charge is -2.05. The molecule has 0 aliphatic heterocycles. The molecule has 2 N–H and O–H groups in total. The fourth-order valence-corrected chi connectivity index (χ4v) is 1.36. The molecule has 0 spiro atoms. The van der Waals surface area contributed by atoms with Crippen molar-refractivity contribution in [1.82, 2.24) is 14.5 Å². The molecule has 0 radical (unpaired) electrons. The summed E-state index contributed by atoms with van der Waals surface area (Å²) >= 11 is 0. The van der Waals surface area contributed by atoms with Crippen molar-refractivity contribution in [2.75, 3.05) is 5.32 Å². The fraction of sp³-hybridized carbons (Fsp3) is 0.182. The molecule has 0 saturated carbocycles. The van der Waals surface area contributed by atoms with Crippen LogP contribution in [0.25, 0.3) is 0 Å². The zero-order valence-electron chi connectivity index (χ0n) is 9.29. The second-order valence-electron chi connectivity index (χ2n) is 3.55. The van der Waals surface area contributed by atoms with Gasteiger partial charge in [-0.15, -0.1) is 0 Å². The van der Waals surface area contributed by atoms with Gasteiger partial charge in [0.25, 0.3) is 0 Å². The van der Waals surface area contributed by atoms with Crippen LogP contribution in [0.15, 0.2) is 30.7 Å². The van der Waals surface area contributed by atoms with Gasteiger partial charge in [-0.3, -0.25) is 0 Å². The highest BCUT2D eigenvalue weighted by Gasteiger charge is 2.03. The third kappa shape index (κ3) is 2.60. The maximum atomic E-state index is 10.6. The third-order valence-corrected chi connectivity index (χ3v) is 2.36. The number of hydrogen-bond acceptors (Lipinski definition) is 4. The summed E-state index contributed by atoms with van der Waals surface area (Å²) in [5.41, 5.74) is 0.174. The predicted molar refractivity (Wildman–Crippen MR) is 61.7 cm³/mol. The van der Waals surface area contributed by atoms with Crippen LogP contribution >= 0.6 is 0 Å². The van der Waals surface area contributed by atoms with E-state index in [1.54, 1.807) is 12.3 Å². The average Bonchev–Trinajstić information content (AvgIpc) is 2.73. The van der Waals surface area contributed by atoms with Gasteiger partial charge in [-0.05, 0) is 12.1 Å². The molecule has 0 aromatic carbocycles. The molecule has 0 bridgehead atoms. The lowest BCUT2D eigenvalue weighted by Crippen LogP contribution is -2.07.